The molecule has 0 aromatic heterocycles. The van der Waals surface area contributed by atoms with Gasteiger partial charge < -0.3 is 19.5 Å². The van der Waals surface area contributed by atoms with Crippen molar-refractivity contribution in [1.29, 1.82) is 0 Å². The first kappa shape index (κ1) is 14.4. The lowest BCUT2D eigenvalue weighted by molar-refractivity contribution is 0.157. The number of alkyl halides is 1. The Morgan fingerprint density at radius 2 is 2.14 bits per heavy atom. The van der Waals surface area contributed by atoms with Crippen molar-refractivity contribution >= 4 is 0 Å². The molecule has 5 nitrogen and oxygen atoms in total. The molecule has 1 N–H and O–H groups in total. The molecule has 0 aliphatic carbocycles. The van der Waals surface area contributed by atoms with Gasteiger partial charge in [0.25, 0.3) is 0 Å². The molecule has 1 aromatic carbocycles. The number of hydrogen-bond acceptors (Lipinski definition) is 5. The van der Waals surface area contributed by atoms with Gasteiger partial charge in [-0.3, -0.25) is 9.29 Å². The molecule has 2 aliphatic heterocycles. The van der Waals surface area contributed by atoms with E-state index in [-0.39, 0.29) is 19.5 Å². The van der Waals surface area contributed by atoms with Crippen LogP contribution in [0.25, 0.3) is 0 Å². The Morgan fingerprint density at radius 1 is 1.33 bits per heavy atom. The zero-order chi connectivity index (χ0) is 14.7. The van der Waals surface area contributed by atoms with Gasteiger partial charge in [-0.05, 0) is 24.1 Å². The van der Waals surface area contributed by atoms with Crippen LogP contribution in [0.15, 0.2) is 12.1 Å². The summed E-state index contributed by atoms with van der Waals surface area (Å²) in [5, 5.41) is 3.32. The minimum atomic E-state index is -0.342. The molecule has 0 saturated carbocycles. The molecule has 2 heterocycles. The van der Waals surface area contributed by atoms with E-state index in [2.05, 4.69) is 10.2 Å². The molecule has 1 atom stereocenters. The van der Waals surface area contributed by atoms with Gasteiger partial charge in [-0.1, -0.05) is 0 Å². The molecule has 0 unspecified atom stereocenters. The average Bonchev–Trinajstić information content (AvgIpc) is 3.01. The third kappa shape index (κ3) is 2.91. The molecule has 0 radical (unpaired) electrons. The predicted octanol–water partition coefficient (Wildman–Crippen LogP) is 1.73. The lowest BCUT2D eigenvalue weighted by Gasteiger charge is -2.35. The molecule has 0 amide bonds. The van der Waals surface area contributed by atoms with Gasteiger partial charge in [-0.2, -0.15) is 0 Å². The summed E-state index contributed by atoms with van der Waals surface area (Å²) in [5.41, 5.74) is 1.02. The highest BCUT2D eigenvalue weighted by atomic mass is 19.1. The van der Waals surface area contributed by atoms with Gasteiger partial charge in [0.15, 0.2) is 11.5 Å². The molecule has 3 rings (SSSR count). The van der Waals surface area contributed by atoms with Gasteiger partial charge in [0, 0.05) is 32.2 Å². The summed E-state index contributed by atoms with van der Waals surface area (Å²) in [5.74, 6) is 1.97. The number of halogens is 1. The minimum absolute atomic E-state index is 0.0421. The first-order valence-corrected chi connectivity index (χ1v) is 7.31. The highest BCUT2D eigenvalue weighted by Gasteiger charge is 2.27. The van der Waals surface area contributed by atoms with Crippen molar-refractivity contribution in [3.63, 3.8) is 0 Å². The summed E-state index contributed by atoms with van der Waals surface area (Å²) < 4.78 is 29.3. The predicted molar refractivity (Wildman–Crippen MR) is 76.9 cm³/mol. The van der Waals surface area contributed by atoms with Crippen LogP contribution in [0.1, 0.15) is 18.0 Å². The zero-order valence-corrected chi connectivity index (χ0v) is 12.2. The second kappa shape index (κ2) is 6.49. The molecule has 0 bridgehead atoms. The summed E-state index contributed by atoms with van der Waals surface area (Å²) in [7, 11) is 1.61. The molecule has 2 aliphatic rings. The van der Waals surface area contributed by atoms with Crippen LogP contribution in [0.5, 0.6) is 17.2 Å². The first-order valence-electron chi connectivity index (χ1n) is 7.31. The van der Waals surface area contributed by atoms with Crippen molar-refractivity contribution in [2.75, 3.05) is 46.8 Å². The number of fused-ring (bicyclic) bond motifs is 1. The van der Waals surface area contributed by atoms with E-state index >= 15 is 0 Å². The number of hydrogen-bond donors (Lipinski definition) is 1. The lowest BCUT2D eigenvalue weighted by Crippen LogP contribution is -2.45. The van der Waals surface area contributed by atoms with E-state index in [0.717, 1.165) is 31.7 Å². The van der Waals surface area contributed by atoms with Crippen molar-refractivity contribution in [3.05, 3.63) is 17.7 Å². The largest absolute Gasteiger partial charge is 0.493 e. The molecule has 1 saturated heterocycles. The topological polar surface area (TPSA) is 43.0 Å². The van der Waals surface area contributed by atoms with E-state index in [1.165, 1.54) is 0 Å². The molecular formula is C15H21FN2O3. The molecular weight excluding hydrogens is 275 g/mol. The van der Waals surface area contributed by atoms with E-state index in [0.29, 0.717) is 23.7 Å². The summed E-state index contributed by atoms with van der Waals surface area (Å²) in [6, 6.07) is 3.93. The second-order valence-electron chi connectivity index (χ2n) is 5.24. The number of rotatable bonds is 5. The highest BCUT2D eigenvalue weighted by Crippen LogP contribution is 2.44. The van der Waals surface area contributed by atoms with E-state index in [4.69, 9.17) is 14.2 Å². The fraction of sp³-hybridized carbons (Fsp3) is 0.600. The third-order valence-corrected chi connectivity index (χ3v) is 4.04. The Bertz CT molecular complexity index is 492. The van der Waals surface area contributed by atoms with Gasteiger partial charge in [-0.15, -0.1) is 0 Å². The smallest absolute Gasteiger partial charge is 0.231 e. The van der Waals surface area contributed by atoms with E-state index in [1.807, 2.05) is 12.1 Å². The monoisotopic (exact) mass is 296 g/mol. The number of methoxy groups -OCH3 is 1. The second-order valence-corrected chi connectivity index (χ2v) is 5.24. The minimum Gasteiger partial charge on any atom is -0.493 e. The molecule has 0 spiro atoms. The third-order valence-electron chi connectivity index (χ3n) is 4.04. The number of nitrogens with zero attached hydrogens (tertiary/aromatic N) is 1. The fourth-order valence-electron chi connectivity index (χ4n) is 3.00. The van der Waals surface area contributed by atoms with Crippen LogP contribution in [0.3, 0.4) is 0 Å². The van der Waals surface area contributed by atoms with E-state index < -0.39 is 0 Å². The van der Waals surface area contributed by atoms with Crippen LogP contribution in [0.2, 0.25) is 0 Å². The Morgan fingerprint density at radius 3 is 2.86 bits per heavy atom. The Labute approximate surface area is 124 Å². The molecule has 116 valence electrons. The first-order chi connectivity index (χ1) is 10.3. The van der Waals surface area contributed by atoms with Crippen molar-refractivity contribution in [3.8, 4) is 17.2 Å². The number of piperazine rings is 1. The maximum Gasteiger partial charge on any atom is 0.231 e. The van der Waals surface area contributed by atoms with Crippen LogP contribution in [-0.2, 0) is 0 Å². The fourth-order valence-corrected chi connectivity index (χ4v) is 3.00. The maximum atomic E-state index is 13.0. The van der Waals surface area contributed by atoms with Crippen LogP contribution in [-0.4, -0.2) is 51.7 Å². The van der Waals surface area contributed by atoms with E-state index in [9.17, 15) is 4.39 Å². The van der Waals surface area contributed by atoms with Gasteiger partial charge in [-0.25, -0.2) is 0 Å². The average molecular weight is 296 g/mol. The quantitative estimate of drug-likeness (QED) is 0.896. The number of ether oxygens (including phenoxy) is 3. The molecule has 1 fully saturated rings. The molecule has 6 heteroatoms. The summed E-state index contributed by atoms with van der Waals surface area (Å²) in [4.78, 5) is 2.31. The lowest BCUT2D eigenvalue weighted by atomic mass is 10.0. The Balaban J connectivity index is 1.91. The van der Waals surface area contributed by atoms with Gasteiger partial charge in [0.05, 0.1) is 13.8 Å². The number of nitrogens with one attached hydrogen (secondary N) is 1. The van der Waals surface area contributed by atoms with Gasteiger partial charge in [0.2, 0.25) is 12.5 Å². The van der Waals surface area contributed by atoms with Crippen LogP contribution >= 0.6 is 0 Å². The number of benzene rings is 1. The van der Waals surface area contributed by atoms with Crippen LogP contribution < -0.4 is 19.5 Å². The summed E-state index contributed by atoms with van der Waals surface area (Å²) in [6.07, 6.45) is 0.475. The van der Waals surface area contributed by atoms with Gasteiger partial charge in [0.1, 0.15) is 0 Å². The molecule has 21 heavy (non-hydrogen) atoms. The summed E-state index contributed by atoms with van der Waals surface area (Å²) >= 11 is 0. The molecule has 1 aromatic rings. The van der Waals surface area contributed by atoms with Gasteiger partial charge >= 0.3 is 0 Å². The Kier molecular flexibility index (Phi) is 4.45. The Hall–Kier alpha value is -1.53. The van der Waals surface area contributed by atoms with Crippen molar-refractivity contribution in [2.24, 2.45) is 0 Å². The van der Waals surface area contributed by atoms with Crippen LogP contribution in [0, 0.1) is 0 Å². The summed E-state index contributed by atoms with van der Waals surface area (Å²) in [6.45, 7) is 3.57. The van der Waals surface area contributed by atoms with Crippen molar-refractivity contribution in [2.45, 2.75) is 12.5 Å². The van der Waals surface area contributed by atoms with Crippen molar-refractivity contribution < 1.29 is 18.6 Å². The van der Waals surface area contributed by atoms with E-state index in [1.54, 1.807) is 7.11 Å². The zero-order valence-electron chi connectivity index (χ0n) is 12.2. The maximum absolute atomic E-state index is 13.0. The van der Waals surface area contributed by atoms with Crippen molar-refractivity contribution in [1.82, 2.24) is 10.2 Å². The highest BCUT2D eigenvalue weighted by molar-refractivity contribution is 5.55. The SMILES string of the molecule is COc1cc([C@@H](CCF)N2CCNCC2)cc2c1OCO2. The van der Waals surface area contributed by atoms with Crippen LogP contribution in [0.4, 0.5) is 4.39 Å². The normalized spacial score (nSPS) is 19.5. The standard InChI is InChI=1S/C15H21FN2O3/c1-19-13-8-11(9-14-15(13)21-10-20-14)12(2-3-16)18-6-4-17-5-7-18/h8-9,12,17H,2-7,10H2,1H3/t12-/m1/s1.